The molecule has 3 aliphatic rings. The van der Waals surface area contributed by atoms with Gasteiger partial charge in [0.25, 0.3) is 23.6 Å². The van der Waals surface area contributed by atoms with Crippen LogP contribution in [0.3, 0.4) is 0 Å². The highest BCUT2D eigenvalue weighted by molar-refractivity contribution is 9.11. The fourth-order valence-electron chi connectivity index (χ4n) is 8.74. The number of aliphatic hydroxyl groups is 1. The van der Waals surface area contributed by atoms with E-state index in [1.54, 1.807) is 49.4 Å². The third kappa shape index (κ3) is 16.4. The molecule has 0 aliphatic carbocycles. The van der Waals surface area contributed by atoms with Crippen molar-refractivity contribution in [1.29, 1.82) is 0 Å². The summed E-state index contributed by atoms with van der Waals surface area (Å²) >= 11 is 6.81. The Balaban J connectivity index is 0.000000202. The Labute approximate surface area is 469 Å². The third-order valence-corrected chi connectivity index (χ3v) is 13.9. The van der Waals surface area contributed by atoms with Crippen molar-refractivity contribution in [1.82, 2.24) is 9.80 Å². The standard InChI is InChI=1S/C24H25N3O2.C18H18BrNO2.C12H7BrO3.C6H15N.C2H6O/c1-2-3-4-7-15-27-23(28)17-10-8-9-16-20(14-13-18(22(16)17)24(27)29)26-21-12-6-5-11-19(21)25;1-2-3-4-5-11-20-17(21)13-8-6-7-12-15(19)10-9-14(16(12)13)18(20)22;13-10-4-2-1-3-8-7-9(5-6-10)12(15)16-11(8)14;1-2-3-4-5-6-7;1-2-3/h5-6,8-14,26H,2-4,7,15,25H2,1H3;6-10H,2-5,11H2,1H3;1-7H;2-7H2,1H3;3H,2H2,1H3. The van der Waals surface area contributed by atoms with Crippen molar-refractivity contribution < 1.29 is 38.6 Å². The number of esters is 2. The molecule has 3 heterocycles. The number of para-hydroxylation sites is 2. The lowest BCUT2D eigenvalue weighted by Crippen LogP contribution is -2.40. The topological polar surface area (TPSA) is 202 Å². The Hall–Kier alpha value is -6.78. The maximum Gasteiger partial charge on any atom is 0.346 e. The van der Waals surface area contributed by atoms with Gasteiger partial charge in [-0.15, -0.1) is 0 Å². The number of nitrogens with one attached hydrogen (secondary N) is 1. The van der Waals surface area contributed by atoms with Gasteiger partial charge in [-0.25, -0.2) is 9.59 Å². The van der Waals surface area contributed by atoms with Crippen LogP contribution in [0, 0.1) is 0 Å². The van der Waals surface area contributed by atoms with Crippen molar-refractivity contribution in [3.05, 3.63) is 170 Å². The van der Waals surface area contributed by atoms with E-state index in [0.29, 0.717) is 57.5 Å². The van der Waals surface area contributed by atoms with E-state index in [1.165, 1.54) is 41.5 Å². The summed E-state index contributed by atoms with van der Waals surface area (Å²) in [5.74, 6) is -1.99. The smallest absolute Gasteiger partial charge is 0.346 e. The van der Waals surface area contributed by atoms with Gasteiger partial charge in [0.1, 0.15) is 0 Å². The number of cyclic esters (lactones) is 2. The summed E-state index contributed by atoms with van der Waals surface area (Å²) in [5, 5.41) is 14.2. The molecule has 3 aliphatic heterocycles. The molecule has 0 radical (unpaired) electrons. The van der Waals surface area contributed by atoms with Crippen molar-refractivity contribution in [3.8, 4) is 0 Å². The number of nitrogens with zero attached hydrogens (tertiary/aromatic N) is 2. The predicted octanol–water partition coefficient (Wildman–Crippen LogP) is 14.5. The zero-order valence-electron chi connectivity index (χ0n) is 44.5. The Bertz CT molecular complexity index is 3060. The SMILES string of the molecule is CCCCCCN.CCCCCCN1C(=O)c2cccc3c(Br)ccc(c23)C1=O.CCCCCCN1C(=O)c2cccc3c(Nc4ccccc4N)ccc(c23)C1=O.CCO.O=C1OC(=O)c2ccc(Br)ccccc1c2. The molecule has 13 nitrogen and oxygen atoms in total. The van der Waals surface area contributed by atoms with Gasteiger partial charge < -0.3 is 26.6 Å². The molecular weight excluding hydrogens is 1100 g/mol. The van der Waals surface area contributed by atoms with Gasteiger partial charge in [0.05, 0.1) is 22.5 Å². The van der Waals surface area contributed by atoms with Gasteiger partial charge in [-0.2, -0.15) is 0 Å². The van der Waals surface area contributed by atoms with Gasteiger partial charge in [-0.3, -0.25) is 29.0 Å². The summed E-state index contributed by atoms with van der Waals surface area (Å²) in [7, 11) is 0. The lowest BCUT2D eigenvalue weighted by atomic mass is 9.92. The first-order valence-electron chi connectivity index (χ1n) is 26.6. The van der Waals surface area contributed by atoms with E-state index in [1.807, 2.05) is 78.9 Å². The average molecular weight is 1170 g/mol. The summed E-state index contributed by atoms with van der Waals surface area (Å²) in [5.41, 5.74) is 16.7. The molecular formula is C62H71Br2N5O8. The minimum atomic E-state index is -0.622. The quantitative estimate of drug-likeness (QED) is 0.0236. The second-order valence-electron chi connectivity index (χ2n) is 18.4. The normalized spacial score (nSPS) is 12.7. The molecule has 0 atom stereocenters. The number of hydrogen-bond donors (Lipinski definition) is 4. The molecule has 6 N–H and O–H groups in total. The molecule has 2 bridgehead atoms. The van der Waals surface area contributed by atoms with Crippen molar-refractivity contribution >= 4 is 106 Å². The number of fused-ring (bicyclic) bond motifs is 2. The molecule has 406 valence electrons. The lowest BCUT2D eigenvalue weighted by Gasteiger charge is -2.28. The van der Waals surface area contributed by atoms with Crippen LogP contribution < -0.4 is 16.8 Å². The van der Waals surface area contributed by atoms with Crippen LogP contribution in [0.25, 0.3) is 21.5 Å². The monoisotopic (exact) mass is 1170 g/mol. The molecule has 0 saturated heterocycles. The first kappa shape index (κ1) is 61.1. The number of nitrogen functional groups attached to an aromatic ring is 1. The molecule has 6 aromatic rings. The molecule has 77 heavy (non-hydrogen) atoms. The number of aliphatic hydroxyl groups excluding tert-OH is 1. The molecule has 4 amide bonds. The van der Waals surface area contributed by atoms with Gasteiger partial charge in [0.15, 0.2) is 0 Å². The van der Waals surface area contributed by atoms with Crippen LogP contribution in [-0.2, 0) is 4.74 Å². The maximum atomic E-state index is 13.1. The van der Waals surface area contributed by atoms with Crippen LogP contribution >= 0.6 is 31.9 Å². The molecule has 0 fully saturated rings. The van der Waals surface area contributed by atoms with Crippen LogP contribution in [0.5, 0.6) is 0 Å². The van der Waals surface area contributed by atoms with Crippen LogP contribution in [-0.4, -0.2) is 76.7 Å². The highest BCUT2D eigenvalue weighted by atomic mass is 79.9. The number of nitrogens with two attached hydrogens (primary N) is 2. The summed E-state index contributed by atoms with van der Waals surface area (Å²) in [6.45, 7) is 10.3. The molecule has 0 spiro atoms. The molecule has 6 aromatic carbocycles. The summed E-state index contributed by atoms with van der Waals surface area (Å²) < 4.78 is 6.32. The highest BCUT2D eigenvalue weighted by Gasteiger charge is 2.34. The van der Waals surface area contributed by atoms with E-state index in [4.69, 9.17) is 16.6 Å². The Morgan fingerprint density at radius 2 is 0.961 bits per heavy atom. The van der Waals surface area contributed by atoms with Crippen molar-refractivity contribution in [2.75, 3.05) is 37.3 Å². The minimum absolute atomic E-state index is 0.169. The number of carbonyl (C=O) groups excluding carboxylic acids is 6. The van der Waals surface area contributed by atoms with Crippen LogP contribution in [0.15, 0.2) is 136 Å². The molecule has 0 saturated carbocycles. The Morgan fingerprint density at radius 1 is 0.494 bits per heavy atom. The van der Waals surface area contributed by atoms with Crippen LogP contribution in [0.2, 0.25) is 0 Å². The fourth-order valence-corrected chi connectivity index (χ4v) is 9.49. The van der Waals surface area contributed by atoms with Crippen molar-refractivity contribution in [2.24, 2.45) is 5.73 Å². The molecule has 15 heteroatoms. The maximum absolute atomic E-state index is 13.1. The van der Waals surface area contributed by atoms with Gasteiger partial charge in [0, 0.05) is 72.7 Å². The molecule has 0 aromatic heterocycles. The number of anilines is 3. The number of unbranched alkanes of at least 4 members (excludes halogenated alkanes) is 9. The van der Waals surface area contributed by atoms with E-state index >= 15 is 0 Å². The summed E-state index contributed by atoms with van der Waals surface area (Å²) in [6.07, 6.45) is 13.4. The van der Waals surface area contributed by atoms with Gasteiger partial charge >= 0.3 is 11.9 Å². The highest BCUT2D eigenvalue weighted by Crippen LogP contribution is 2.37. The van der Waals surface area contributed by atoms with Crippen LogP contribution in [0.1, 0.15) is 167 Å². The first-order chi connectivity index (χ1) is 37.3. The van der Waals surface area contributed by atoms with E-state index in [9.17, 15) is 28.8 Å². The van der Waals surface area contributed by atoms with Gasteiger partial charge in [-0.05, 0) is 117 Å². The number of amides is 4. The van der Waals surface area contributed by atoms with Crippen molar-refractivity contribution in [2.45, 2.75) is 105 Å². The predicted molar refractivity (Wildman–Crippen MR) is 316 cm³/mol. The average Bonchev–Trinajstić information content (AvgIpc) is 3.46. The Morgan fingerprint density at radius 3 is 1.51 bits per heavy atom. The second kappa shape index (κ2) is 31.4. The van der Waals surface area contributed by atoms with E-state index in [-0.39, 0.29) is 30.2 Å². The zero-order chi connectivity index (χ0) is 55.9. The van der Waals surface area contributed by atoms with Crippen LogP contribution in [0.4, 0.5) is 17.1 Å². The fraction of sp³-hybridized carbons (Fsp3) is 0.323. The lowest BCUT2D eigenvalue weighted by molar-refractivity contribution is 0.0383. The first-order valence-corrected chi connectivity index (χ1v) is 28.2. The Kier molecular flexibility index (Phi) is 24.9. The zero-order valence-corrected chi connectivity index (χ0v) is 47.7. The largest absolute Gasteiger partial charge is 0.397 e. The number of ether oxygens (including phenoxy) is 1. The summed E-state index contributed by atoms with van der Waals surface area (Å²) in [6, 6.07) is 37.9. The van der Waals surface area contributed by atoms with E-state index < -0.39 is 11.9 Å². The van der Waals surface area contributed by atoms with Gasteiger partial charge in [0.2, 0.25) is 0 Å². The number of halogens is 2. The molecule has 9 rings (SSSR count). The number of rotatable bonds is 16. The van der Waals surface area contributed by atoms with Crippen molar-refractivity contribution in [3.63, 3.8) is 0 Å². The number of carbonyl (C=O) groups is 6. The molecule has 0 unspecified atom stereocenters. The number of imide groups is 2. The third-order valence-electron chi connectivity index (χ3n) is 12.7. The van der Waals surface area contributed by atoms with E-state index in [2.05, 4.69) is 62.7 Å². The minimum Gasteiger partial charge on any atom is -0.397 e. The second-order valence-corrected chi connectivity index (χ2v) is 20.2. The van der Waals surface area contributed by atoms with Gasteiger partial charge in [-0.1, -0.05) is 159 Å². The summed E-state index contributed by atoms with van der Waals surface area (Å²) in [4.78, 5) is 76.9. The number of benzene rings is 5. The van der Waals surface area contributed by atoms with E-state index in [0.717, 1.165) is 94.4 Å². The number of hydrogen-bond acceptors (Lipinski definition) is 11.